The van der Waals surface area contributed by atoms with E-state index in [0.717, 1.165) is 25.6 Å². The van der Waals surface area contributed by atoms with Crippen LogP contribution in [0.25, 0.3) is 0 Å². The molecular weight excluding hydrogens is 278 g/mol. The summed E-state index contributed by atoms with van der Waals surface area (Å²) in [7, 11) is 0. The van der Waals surface area contributed by atoms with Crippen molar-refractivity contribution in [3.63, 3.8) is 0 Å². The first kappa shape index (κ1) is 16.8. The van der Waals surface area contributed by atoms with Crippen LogP contribution in [0.4, 0.5) is 5.13 Å². The second kappa shape index (κ2) is 5.88. The fourth-order valence-electron chi connectivity index (χ4n) is 2.70. The third-order valence-electron chi connectivity index (χ3n) is 4.34. The van der Waals surface area contributed by atoms with Crippen molar-refractivity contribution in [2.45, 2.75) is 67.0 Å². The second-order valence-electron chi connectivity index (χ2n) is 8.41. The molecule has 3 nitrogen and oxygen atoms in total. The summed E-state index contributed by atoms with van der Waals surface area (Å²) in [4.78, 5) is 8.67. The normalized spacial score (nSPS) is 20.3. The van der Waals surface area contributed by atoms with Gasteiger partial charge in [-0.1, -0.05) is 20.8 Å². The molecule has 1 aromatic rings. The number of nitrogens with one attached hydrogen (secondary N) is 1. The Balaban J connectivity index is 2.03. The van der Waals surface area contributed by atoms with Crippen molar-refractivity contribution in [3.05, 3.63) is 10.6 Å². The lowest BCUT2D eigenvalue weighted by Gasteiger charge is -2.26. The SMILES string of the molecule is Cc1nc(N2CCC(C(C)(C)C)C2)sc1CNC(C)(C)C. The number of rotatable bonds is 3. The van der Waals surface area contributed by atoms with Crippen molar-refractivity contribution in [1.82, 2.24) is 10.3 Å². The molecular formula is C17H31N3S. The number of aryl methyl sites for hydroxylation is 1. The fraction of sp³-hybridized carbons (Fsp3) is 0.824. The minimum absolute atomic E-state index is 0.154. The Labute approximate surface area is 134 Å². The number of anilines is 1. The first-order valence-electron chi connectivity index (χ1n) is 8.02. The van der Waals surface area contributed by atoms with E-state index >= 15 is 0 Å². The van der Waals surface area contributed by atoms with Crippen molar-refractivity contribution in [3.8, 4) is 0 Å². The van der Waals surface area contributed by atoms with Gasteiger partial charge in [-0.2, -0.15) is 0 Å². The van der Waals surface area contributed by atoms with Crippen LogP contribution in [0.5, 0.6) is 0 Å². The minimum atomic E-state index is 0.154. The highest BCUT2D eigenvalue weighted by Gasteiger charge is 2.33. The summed E-state index contributed by atoms with van der Waals surface area (Å²) < 4.78 is 0. The van der Waals surface area contributed by atoms with E-state index in [-0.39, 0.29) is 5.54 Å². The van der Waals surface area contributed by atoms with Gasteiger partial charge in [0.05, 0.1) is 5.69 Å². The van der Waals surface area contributed by atoms with E-state index in [4.69, 9.17) is 4.98 Å². The van der Waals surface area contributed by atoms with Gasteiger partial charge in [-0.15, -0.1) is 11.3 Å². The molecule has 1 N–H and O–H groups in total. The second-order valence-corrected chi connectivity index (χ2v) is 9.47. The van der Waals surface area contributed by atoms with Crippen LogP contribution in [0.15, 0.2) is 0 Å². The molecule has 1 atom stereocenters. The van der Waals surface area contributed by atoms with E-state index in [1.165, 1.54) is 22.1 Å². The molecule has 2 rings (SSSR count). The predicted molar refractivity (Wildman–Crippen MR) is 93.2 cm³/mol. The maximum atomic E-state index is 4.81. The Hall–Kier alpha value is -0.610. The first-order chi connectivity index (χ1) is 9.56. The Morgan fingerprint density at radius 1 is 1.24 bits per heavy atom. The quantitative estimate of drug-likeness (QED) is 0.906. The van der Waals surface area contributed by atoms with Gasteiger partial charge in [0.2, 0.25) is 0 Å². The molecule has 1 saturated heterocycles. The number of hydrogen-bond donors (Lipinski definition) is 1. The summed E-state index contributed by atoms with van der Waals surface area (Å²) >= 11 is 1.86. The van der Waals surface area contributed by atoms with Crippen molar-refractivity contribution in [1.29, 1.82) is 0 Å². The number of aromatic nitrogens is 1. The van der Waals surface area contributed by atoms with Crippen molar-refractivity contribution < 1.29 is 0 Å². The first-order valence-corrected chi connectivity index (χ1v) is 8.84. The topological polar surface area (TPSA) is 28.2 Å². The smallest absolute Gasteiger partial charge is 0.185 e. The zero-order chi connectivity index (χ0) is 15.8. The summed E-state index contributed by atoms with van der Waals surface area (Å²) in [5.74, 6) is 0.776. The molecule has 1 aromatic heterocycles. The molecule has 0 aromatic carbocycles. The predicted octanol–water partition coefficient (Wildman–Crippen LogP) is 4.21. The molecule has 0 saturated carbocycles. The third-order valence-corrected chi connectivity index (χ3v) is 5.56. The average molecular weight is 310 g/mol. The Kier molecular flexibility index (Phi) is 4.69. The van der Waals surface area contributed by atoms with Gasteiger partial charge < -0.3 is 10.2 Å². The minimum Gasteiger partial charge on any atom is -0.348 e. The maximum absolute atomic E-state index is 4.81. The van der Waals surface area contributed by atoms with Gasteiger partial charge in [0, 0.05) is 30.1 Å². The summed E-state index contributed by atoms with van der Waals surface area (Å²) in [6.45, 7) is 19.0. The summed E-state index contributed by atoms with van der Waals surface area (Å²) in [6, 6.07) is 0. The molecule has 1 fully saturated rings. The molecule has 0 aliphatic carbocycles. The van der Waals surface area contributed by atoms with Crippen LogP contribution in [0.3, 0.4) is 0 Å². The van der Waals surface area contributed by atoms with Gasteiger partial charge in [-0.05, 0) is 45.4 Å². The van der Waals surface area contributed by atoms with Gasteiger partial charge in [0.25, 0.3) is 0 Å². The van der Waals surface area contributed by atoms with Crippen LogP contribution >= 0.6 is 11.3 Å². The monoisotopic (exact) mass is 309 g/mol. The molecule has 0 spiro atoms. The summed E-state index contributed by atoms with van der Waals surface area (Å²) in [5, 5.41) is 4.78. The van der Waals surface area contributed by atoms with Crippen LogP contribution in [-0.2, 0) is 6.54 Å². The van der Waals surface area contributed by atoms with Crippen molar-refractivity contribution in [2.75, 3.05) is 18.0 Å². The number of thiazole rings is 1. The van der Waals surface area contributed by atoms with E-state index < -0.39 is 0 Å². The molecule has 1 unspecified atom stereocenters. The molecule has 0 radical (unpaired) electrons. The summed E-state index contributed by atoms with van der Waals surface area (Å²) in [5.41, 5.74) is 1.74. The van der Waals surface area contributed by atoms with Gasteiger partial charge in [0.15, 0.2) is 5.13 Å². The lowest BCUT2D eigenvalue weighted by molar-refractivity contribution is 0.263. The molecule has 0 amide bonds. The number of hydrogen-bond acceptors (Lipinski definition) is 4. The standard InChI is InChI=1S/C17H31N3S/c1-12-14(10-18-17(5,6)7)21-15(19-12)20-9-8-13(11-20)16(2,3)4/h13,18H,8-11H2,1-7H3. The highest BCUT2D eigenvalue weighted by molar-refractivity contribution is 7.15. The molecule has 120 valence electrons. The zero-order valence-electron chi connectivity index (χ0n) is 14.7. The van der Waals surface area contributed by atoms with E-state index in [1.54, 1.807) is 0 Å². The average Bonchev–Trinajstić information content (AvgIpc) is 2.90. The molecule has 21 heavy (non-hydrogen) atoms. The van der Waals surface area contributed by atoms with Gasteiger partial charge in [-0.25, -0.2) is 4.98 Å². The molecule has 1 aliphatic heterocycles. The molecule has 1 aliphatic rings. The number of nitrogens with zero attached hydrogens (tertiary/aromatic N) is 2. The fourth-order valence-corrected chi connectivity index (χ4v) is 3.73. The molecule has 4 heteroatoms. The van der Waals surface area contributed by atoms with Crippen LogP contribution in [0.2, 0.25) is 0 Å². The summed E-state index contributed by atoms with van der Waals surface area (Å²) in [6.07, 6.45) is 1.29. The Morgan fingerprint density at radius 3 is 2.43 bits per heavy atom. The van der Waals surface area contributed by atoms with Crippen LogP contribution < -0.4 is 10.2 Å². The van der Waals surface area contributed by atoms with E-state index in [9.17, 15) is 0 Å². The van der Waals surface area contributed by atoms with Crippen LogP contribution in [-0.4, -0.2) is 23.6 Å². The highest BCUT2D eigenvalue weighted by Crippen LogP contribution is 2.37. The lowest BCUT2D eigenvalue weighted by atomic mass is 9.80. The van der Waals surface area contributed by atoms with Gasteiger partial charge in [-0.3, -0.25) is 0 Å². The van der Waals surface area contributed by atoms with Crippen LogP contribution in [0.1, 0.15) is 58.5 Å². The van der Waals surface area contributed by atoms with E-state index in [0.29, 0.717) is 5.41 Å². The maximum Gasteiger partial charge on any atom is 0.185 e. The largest absolute Gasteiger partial charge is 0.348 e. The van der Waals surface area contributed by atoms with Crippen molar-refractivity contribution in [2.24, 2.45) is 11.3 Å². The van der Waals surface area contributed by atoms with E-state index in [2.05, 4.69) is 58.7 Å². The Morgan fingerprint density at radius 2 is 1.90 bits per heavy atom. The highest BCUT2D eigenvalue weighted by atomic mass is 32.1. The lowest BCUT2D eigenvalue weighted by Crippen LogP contribution is -2.34. The van der Waals surface area contributed by atoms with Crippen molar-refractivity contribution >= 4 is 16.5 Å². The molecule has 2 heterocycles. The third kappa shape index (κ3) is 4.43. The Bertz CT molecular complexity index is 479. The van der Waals surface area contributed by atoms with Gasteiger partial charge >= 0.3 is 0 Å². The zero-order valence-corrected chi connectivity index (χ0v) is 15.5. The van der Waals surface area contributed by atoms with E-state index in [1.807, 2.05) is 11.3 Å². The molecule has 0 bridgehead atoms. The van der Waals surface area contributed by atoms with Gasteiger partial charge in [0.1, 0.15) is 0 Å². The van der Waals surface area contributed by atoms with Crippen LogP contribution in [0, 0.1) is 18.3 Å².